The van der Waals surface area contributed by atoms with Crippen LogP contribution in [0.3, 0.4) is 0 Å². The minimum atomic E-state index is 0.338. The van der Waals surface area contributed by atoms with E-state index in [4.69, 9.17) is 9.47 Å². The highest BCUT2D eigenvalue weighted by atomic mass is 16.5. The molecule has 0 atom stereocenters. The minimum Gasteiger partial charge on any atom is -0.436 e. The molecule has 0 aliphatic heterocycles. The lowest BCUT2D eigenvalue weighted by Gasteiger charge is -2.09. The molecule has 0 aromatic carbocycles. The third kappa shape index (κ3) is 3.92. The van der Waals surface area contributed by atoms with Gasteiger partial charge in [0.1, 0.15) is 12.4 Å². The second-order valence-corrected chi connectivity index (χ2v) is 4.32. The molecule has 0 unspecified atom stereocenters. The van der Waals surface area contributed by atoms with Crippen molar-refractivity contribution < 1.29 is 9.47 Å². The quantitative estimate of drug-likeness (QED) is 0.834. The van der Waals surface area contributed by atoms with Crippen molar-refractivity contribution in [3.05, 3.63) is 24.3 Å². The summed E-state index contributed by atoms with van der Waals surface area (Å²) in [5.41, 5.74) is 0. The molecule has 2 aromatic heterocycles. The number of ether oxygens (including phenoxy) is 2. The van der Waals surface area contributed by atoms with Crippen LogP contribution in [-0.2, 0) is 18.4 Å². The molecule has 0 bridgehead atoms. The first kappa shape index (κ1) is 14.3. The fraction of sp³-hybridized carbons (Fsp3) is 0.462. The highest BCUT2D eigenvalue weighted by Gasteiger charge is 2.07. The molecule has 0 aliphatic rings. The molecule has 7 heteroatoms. The van der Waals surface area contributed by atoms with Gasteiger partial charge in [0.15, 0.2) is 11.6 Å². The van der Waals surface area contributed by atoms with Crippen molar-refractivity contribution in [1.29, 1.82) is 0 Å². The summed E-state index contributed by atoms with van der Waals surface area (Å²) in [5, 5.41) is 7.27. The summed E-state index contributed by atoms with van der Waals surface area (Å²) >= 11 is 0. The van der Waals surface area contributed by atoms with Crippen LogP contribution in [0.25, 0.3) is 0 Å². The zero-order chi connectivity index (χ0) is 14.4. The third-order valence-corrected chi connectivity index (χ3v) is 2.48. The van der Waals surface area contributed by atoms with Crippen LogP contribution in [0.5, 0.6) is 11.6 Å². The molecule has 0 saturated carbocycles. The van der Waals surface area contributed by atoms with Crippen molar-refractivity contribution in [2.24, 2.45) is 7.05 Å². The predicted octanol–water partition coefficient (Wildman–Crippen LogP) is 1.97. The number of nitrogens with zero attached hydrogens (tertiary/aromatic N) is 4. The van der Waals surface area contributed by atoms with Gasteiger partial charge in [-0.25, -0.2) is 4.98 Å². The molecule has 108 valence electrons. The molecule has 20 heavy (non-hydrogen) atoms. The molecule has 1 N–H and O–H groups in total. The van der Waals surface area contributed by atoms with E-state index in [1.807, 2.05) is 7.05 Å². The van der Waals surface area contributed by atoms with Crippen LogP contribution < -0.4 is 10.1 Å². The monoisotopic (exact) mass is 277 g/mol. The van der Waals surface area contributed by atoms with Crippen molar-refractivity contribution in [3.8, 4) is 11.6 Å². The highest BCUT2D eigenvalue weighted by molar-refractivity contribution is 5.39. The average molecular weight is 277 g/mol. The van der Waals surface area contributed by atoms with Gasteiger partial charge < -0.3 is 14.8 Å². The topological polar surface area (TPSA) is 74.1 Å². The first-order valence-corrected chi connectivity index (χ1v) is 6.48. The molecule has 2 heterocycles. The van der Waals surface area contributed by atoms with Gasteiger partial charge in [0, 0.05) is 26.8 Å². The molecular weight excluding hydrogens is 258 g/mol. The Morgan fingerprint density at radius 1 is 1.35 bits per heavy atom. The Kier molecular flexibility index (Phi) is 4.89. The Hall–Kier alpha value is -2.15. The summed E-state index contributed by atoms with van der Waals surface area (Å²) in [6, 6.07) is 1.77. The average Bonchev–Trinajstić information content (AvgIpc) is 2.82. The van der Waals surface area contributed by atoms with Gasteiger partial charge in [-0.05, 0) is 6.42 Å². The number of hydrogen-bond acceptors (Lipinski definition) is 6. The van der Waals surface area contributed by atoms with Crippen molar-refractivity contribution in [3.63, 3.8) is 0 Å². The third-order valence-electron chi connectivity index (χ3n) is 2.48. The minimum absolute atomic E-state index is 0.338. The van der Waals surface area contributed by atoms with E-state index in [2.05, 4.69) is 27.3 Å². The molecule has 0 radical (unpaired) electrons. The van der Waals surface area contributed by atoms with Crippen molar-refractivity contribution in [2.75, 3.05) is 19.0 Å². The number of methoxy groups -OCH3 is 1. The molecular formula is C13H19N5O2. The smallest absolute Gasteiger partial charge is 0.224 e. The summed E-state index contributed by atoms with van der Waals surface area (Å²) in [6.45, 7) is 3.28. The van der Waals surface area contributed by atoms with Gasteiger partial charge in [-0.15, -0.1) is 0 Å². The van der Waals surface area contributed by atoms with Gasteiger partial charge in [-0.3, -0.25) is 4.68 Å². The molecule has 0 amide bonds. The van der Waals surface area contributed by atoms with Gasteiger partial charge in [-0.1, -0.05) is 6.92 Å². The lowest BCUT2D eigenvalue weighted by molar-refractivity contribution is 0.177. The van der Waals surface area contributed by atoms with Gasteiger partial charge in [-0.2, -0.15) is 10.1 Å². The highest BCUT2D eigenvalue weighted by Crippen LogP contribution is 2.21. The zero-order valence-corrected chi connectivity index (χ0v) is 12.0. The predicted molar refractivity (Wildman–Crippen MR) is 74.8 cm³/mol. The maximum atomic E-state index is 5.68. The summed E-state index contributed by atoms with van der Waals surface area (Å²) in [4.78, 5) is 8.66. The summed E-state index contributed by atoms with van der Waals surface area (Å²) in [6.07, 6.45) is 4.43. The standard InChI is InChI=1S/C13H19N5O2/c1-4-5-14-11-6-13(17-12(16-11)9-19-3)20-10-7-15-18(2)8-10/h6-8H,4-5,9H2,1-3H3,(H,14,16,17). The normalized spacial score (nSPS) is 10.6. The molecule has 0 fully saturated rings. The molecule has 2 rings (SSSR count). The zero-order valence-electron chi connectivity index (χ0n) is 12.0. The first-order valence-electron chi connectivity index (χ1n) is 6.48. The number of anilines is 1. The molecule has 0 saturated heterocycles. The molecule has 2 aromatic rings. The fourth-order valence-electron chi connectivity index (χ4n) is 1.63. The van der Waals surface area contributed by atoms with E-state index < -0.39 is 0 Å². The summed E-state index contributed by atoms with van der Waals surface area (Å²) < 4.78 is 12.4. The van der Waals surface area contributed by atoms with Crippen LogP contribution >= 0.6 is 0 Å². The maximum absolute atomic E-state index is 5.68. The van der Waals surface area contributed by atoms with Crippen molar-refractivity contribution >= 4 is 5.82 Å². The van der Waals surface area contributed by atoms with E-state index in [0.717, 1.165) is 18.8 Å². The summed E-state index contributed by atoms with van der Waals surface area (Å²) in [5.74, 6) is 2.41. The van der Waals surface area contributed by atoms with E-state index in [1.54, 1.807) is 30.3 Å². The first-order chi connectivity index (χ1) is 9.71. The van der Waals surface area contributed by atoms with E-state index in [1.165, 1.54) is 0 Å². The Morgan fingerprint density at radius 2 is 2.20 bits per heavy atom. The Bertz CT molecular complexity index is 555. The molecule has 7 nitrogen and oxygen atoms in total. The van der Waals surface area contributed by atoms with Crippen LogP contribution in [0.4, 0.5) is 5.82 Å². The van der Waals surface area contributed by atoms with Crippen LogP contribution in [0.2, 0.25) is 0 Å². The second kappa shape index (κ2) is 6.85. The van der Waals surface area contributed by atoms with E-state index in [0.29, 0.717) is 24.1 Å². The van der Waals surface area contributed by atoms with Crippen LogP contribution in [0.15, 0.2) is 18.5 Å². The van der Waals surface area contributed by atoms with Crippen LogP contribution in [-0.4, -0.2) is 33.4 Å². The van der Waals surface area contributed by atoms with Gasteiger partial charge in [0.05, 0.1) is 12.4 Å². The second-order valence-electron chi connectivity index (χ2n) is 4.32. The van der Waals surface area contributed by atoms with Gasteiger partial charge >= 0.3 is 0 Å². The maximum Gasteiger partial charge on any atom is 0.224 e. The van der Waals surface area contributed by atoms with Gasteiger partial charge in [0.25, 0.3) is 0 Å². The molecule has 0 aliphatic carbocycles. The van der Waals surface area contributed by atoms with Crippen molar-refractivity contribution in [2.45, 2.75) is 20.0 Å². The number of nitrogens with one attached hydrogen (secondary N) is 1. The Labute approximate surface area is 118 Å². The number of aryl methyl sites for hydroxylation is 1. The lowest BCUT2D eigenvalue weighted by Crippen LogP contribution is -2.06. The van der Waals surface area contributed by atoms with Crippen LogP contribution in [0.1, 0.15) is 19.2 Å². The fourth-order valence-corrected chi connectivity index (χ4v) is 1.63. The Morgan fingerprint density at radius 3 is 2.85 bits per heavy atom. The van der Waals surface area contributed by atoms with E-state index in [9.17, 15) is 0 Å². The van der Waals surface area contributed by atoms with Crippen LogP contribution in [0, 0.1) is 0 Å². The SMILES string of the molecule is CCCNc1cc(Oc2cnn(C)c2)nc(COC)n1. The molecule has 0 spiro atoms. The Balaban J connectivity index is 2.18. The largest absolute Gasteiger partial charge is 0.436 e. The number of hydrogen-bond donors (Lipinski definition) is 1. The van der Waals surface area contributed by atoms with Gasteiger partial charge in [0.2, 0.25) is 5.88 Å². The summed E-state index contributed by atoms with van der Waals surface area (Å²) in [7, 11) is 3.44. The number of aromatic nitrogens is 4. The lowest BCUT2D eigenvalue weighted by atomic mass is 10.4. The van der Waals surface area contributed by atoms with E-state index in [-0.39, 0.29) is 0 Å². The number of rotatable bonds is 7. The van der Waals surface area contributed by atoms with Crippen molar-refractivity contribution in [1.82, 2.24) is 19.7 Å². The van der Waals surface area contributed by atoms with E-state index >= 15 is 0 Å².